The third kappa shape index (κ3) is 3.36. The van der Waals surface area contributed by atoms with Gasteiger partial charge in [-0.2, -0.15) is 0 Å². The van der Waals surface area contributed by atoms with Crippen molar-refractivity contribution in [2.45, 2.75) is 0 Å². The van der Waals surface area contributed by atoms with Crippen molar-refractivity contribution in [3.8, 4) is 5.75 Å². The lowest BCUT2D eigenvalue weighted by atomic mass is 9.95. The number of carbonyl (C=O) groups excluding carboxylic acids is 1. The predicted octanol–water partition coefficient (Wildman–Crippen LogP) is 3.36. The number of allylic oxidation sites excluding steroid dienone is 4. The summed E-state index contributed by atoms with van der Waals surface area (Å²) in [6.45, 7) is 14.7. The maximum absolute atomic E-state index is 11.6. The molecule has 0 aliphatic carbocycles. The molecule has 102 valence electrons. The molecule has 0 unspecified atom stereocenters. The van der Waals surface area contributed by atoms with Crippen LogP contribution in [-0.4, -0.2) is 10.9 Å². The first kappa shape index (κ1) is 15.2. The molecule has 3 nitrogen and oxygen atoms in total. The SMILES string of the molecule is C=C/C=C(/N)C(=C)C(=C)c1cc(O)cc(C(=O)C=C)c1. The van der Waals surface area contributed by atoms with Gasteiger partial charge in [0.1, 0.15) is 5.75 Å². The van der Waals surface area contributed by atoms with Gasteiger partial charge in [-0.25, -0.2) is 0 Å². The molecule has 0 heterocycles. The number of phenolic OH excluding ortho intramolecular Hbond substituents is 1. The number of rotatable bonds is 6. The third-order valence-electron chi connectivity index (χ3n) is 2.75. The van der Waals surface area contributed by atoms with E-state index in [0.29, 0.717) is 28.0 Å². The minimum Gasteiger partial charge on any atom is -0.508 e. The molecule has 3 heteroatoms. The summed E-state index contributed by atoms with van der Waals surface area (Å²) in [5.74, 6) is -0.317. The van der Waals surface area contributed by atoms with E-state index in [1.807, 2.05) is 0 Å². The Bertz CT molecular complexity index is 636. The molecule has 0 saturated heterocycles. The van der Waals surface area contributed by atoms with Crippen LogP contribution in [0, 0.1) is 0 Å². The number of hydrogen-bond donors (Lipinski definition) is 2. The molecular formula is C17H17NO2. The largest absolute Gasteiger partial charge is 0.508 e. The second-order valence-corrected chi connectivity index (χ2v) is 4.15. The summed E-state index contributed by atoms with van der Waals surface area (Å²) in [6.07, 6.45) is 4.33. The number of phenols is 1. The molecule has 3 N–H and O–H groups in total. The molecule has 1 aromatic rings. The highest BCUT2D eigenvalue weighted by Gasteiger charge is 2.10. The Balaban J connectivity index is 3.23. The second kappa shape index (κ2) is 6.38. The van der Waals surface area contributed by atoms with Crippen LogP contribution in [0.5, 0.6) is 5.75 Å². The summed E-state index contributed by atoms with van der Waals surface area (Å²) in [5, 5.41) is 9.69. The van der Waals surface area contributed by atoms with Crippen LogP contribution in [0.4, 0.5) is 0 Å². The van der Waals surface area contributed by atoms with E-state index in [1.54, 1.807) is 18.2 Å². The zero-order valence-electron chi connectivity index (χ0n) is 11.2. The van der Waals surface area contributed by atoms with E-state index in [2.05, 4.69) is 26.3 Å². The molecule has 1 rings (SSSR count). The first-order valence-electron chi connectivity index (χ1n) is 5.88. The zero-order chi connectivity index (χ0) is 15.3. The van der Waals surface area contributed by atoms with Crippen molar-refractivity contribution in [1.29, 1.82) is 0 Å². The fraction of sp³-hybridized carbons (Fsp3) is 0. The van der Waals surface area contributed by atoms with E-state index in [4.69, 9.17) is 5.73 Å². The lowest BCUT2D eigenvalue weighted by Crippen LogP contribution is -2.02. The maximum atomic E-state index is 11.6. The van der Waals surface area contributed by atoms with E-state index in [9.17, 15) is 9.90 Å². The lowest BCUT2D eigenvalue weighted by molar-refractivity contribution is 0.104. The molecule has 0 radical (unpaired) electrons. The third-order valence-corrected chi connectivity index (χ3v) is 2.75. The van der Waals surface area contributed by atoms with Crippen molar-refractivity contribution in [1.82, 2.24) is 0 Å². The van der Waals surface area contributed by atoms with Gasteiger partial charge in [-0.15, -0.1) is 0 Å². The van der Waals surface area contributed by atoms with E-state index >= 15 is 0 Å². The average Bonchev–Trinajstić information content (AvgIpc) is 2.44. The van der Waals surface area contributed by atoms with Crippen LogP contribution in [0.15, 0.2) is 74.0 Å². The zero-order valence-corrected chi connectivity index (χ0v) is 11.2. The van der Waals surface area contributed by atoms with Crippen LogP contribution < -0.4 is 5.73 Å². The minimum absolute atomic E-state index is 0.0343. The van der Waals surface area contributed by atoms with Gasteiger partial charge >= 0.3 is 0 Å². The molecule has 0 atom stereocenters. The molecule has 0 bridgehead atoms. The second-order valence-electron chi connectivity index (χ2n) is 4.15. The number of carbonyl (C=O) groups is 1. The number of ketones is 1. The summed E-state index contributed by atoms with van der Waals surface area (Å²) in [7, 11) is 0. The number of hydrogen-bond acceptors (Lipinski definition) is 3. The van der Waals surface area contributed by atoms with Crippen LogP contribution in [-0.2, 0) is 0 Å². The molecule has 0 fully saturated rings. The van der Waals surface area contributed by atoms with Gasteiger partial charge in [-0.3, -0.25) is 4.79 Å². The highest BCUT2D eigenvalue weighted by Crippen LogP contribution is 2.27. The Kier molecular flexibility index (Phi) is 4.87. The van der Waals surface area contributed by atoms with E-state index < -0.39 is 0 Å². The highest BCUT2D eigenvalue weighted by atomic mass is 16.3. The highest BCUT2D eigenvalue weighted by molar-refractivity contribution is 6.05. The molecule has 20 heavy (non-hydrogen) atoms. The van der Waals surface area contributed by atoms with Crippen LogP contribution >= 0.6 is 0 Å². The number of aromatic hydroxyl groups is 1. The van der Waals surface area contributed by atoms with Crippen molar-refractivity contribution >= 4 is 11.4 Å². The topological polar surface area (TPSA) is 63.3 Å². The molecule has 1 aromatic carbocycles. The molecule has 0 aliphatic rings. The van der Waals surface area contributed by atoms with Gasteiger partial charge in [0.2, 0.25) is 0 Å². The van der Waals surface area contributed by atoms with E-state index in [1.165, 1.54) is 18.2 Å². The summed E-state index contributed by atoms with van der Waals surface area (Å²) in [6, 6.07) is 4.47. The molecule has 0 aromatic heterocycles. The standard InChI is InChI=1S/C17H17NO2/c1-5-7-16(18)12(4)11(3)13-8-14(17(20)6-2)10-15(19)9-13/h5-10,19H,1-4,18H2/b16-7+. The Hall–Kier alpha value is -2.81. The Morgan fingerprint density at radius 2 is 1.75 bits per heavy atom. The van der Waals surface area contributed by atoms with Gasteiger partial charge in [-0.1, -0.05) is 32.4 Å². The Labute approximate surface area is 118 Å². The molecule has 0 amide bonds. The minimum atomic E-state index is -0.282. The normalized spacial score (nSPS) is 10.7. The summed E-state index contributed by atoms with van der Waals surface area (Å²) in [4.78, 5) is 11.6. The van der Waals surface area contributed by atoms with Gasteiger partial charge in [-0.05, 0) is 47.1 Å². The lowest BCUT2D eigenvalue weighted by Gasteiger charge is -2.11. The van der Waals surface area contributed by atoms with Gasteiger partial charge < -0.3 is 10.8 Å². The molecule has 0 aliphatic heterocycles. The van der Waals surface area contributed by atoms with Crippen LogP contribution in [0.1, 0.15) is 15.9 Å². The monoisotopic (exact) mass is 267 g/mol. The smallest absolute Gasteiger partial charge is 0.185 e. The van der Waals surface area contributed by atoms with Crippen molar-refractivity contribution in [3.63, 3.8) is 0 Å². The molecule has 0 spiro atoms. The van der Waals surface area contributed by atoms with Crippen molar-refractivity contribution < 1.29 is 9.90 Å². The Morgan fingerprint density at radius 3 is 2.30 bits per heavy atom. The molecule has 0 saturated carbocycles. The summed E-state index contributed by atoms with van der Waals surface area (Å²) in [5.41, 5.74) is 8.16. The number of benzene rings is 1. The van der Waals surface area contributed by atoms with Gasteiger partial charge in [0.25, 0.3) is 0 Å². The first-order valence-corrected chi connectivity index (χ1v) is 5.88. The van der Waals surface area contributed by atoms with Crippen LogP contribution in [0.3, 0.4) is 0 Å². The van der Waals surface area contributed by atoms with E-state index in [0.717, 1.165) is 0 Å². The average molecular weight is 267 g/mol. The fourth-order valence-corrected chi connectivity index (χ4v) is 1.62. The predicted molar refractivity (Wildman–Crippen MR) is 83.3 cm³/mol. The summed E-state index contributed by atoms with van der Waals surface area (Å²) < 4.78 is 0. The van der Waals surface area contributed by atoms with Gasteiger partial charge in [0.15, 0.2) is 5.78 Å². The summed E-state index contributed by atoms with van der Waals surface area (Å²) >= 11 is 0. The maximum Gasteiger partial charge on any atom is 0.185 e. The van der Waals surface area contributed by atoms with Gasteiger partial charge in [0.05, 0.1) is 0 Å². The van der Waals surface area contributed by atoms with Crippen molar-refractivity contribution in [2.75, 3.05) is 0 Å². The van der Waals surface area contributed by atoms with E-state index in [-0.39, 0.29) is 11.5 Å². The first-order chi connectivity index (χ1) is 9.40. The van der Waals surface area contributed by atoms with Crippen LogP contribution in [0.2, 0.25) is 0 Å². The van der Waals surface area contributed by atoms with Gasteiger partial charge in [0, 0.05) is 11.3 Å². The number of nitrogens with two attached hydrogens (primary N) is 1. The Morgan fingerprint density at radius 1 is 1.15 bits per heavy atom. The van der Waals surface area contributed by atoms with Crippen LogP contribution in [0.25, 0.3) is 5.57 Å². The quantitative estimate of drug-likeness (QED) is 0.472. The van der Waals surface area contributed by atoms with Crippen molar-refractivity contribution in [3.05, 3.63) is 85.1 Å². The van der Waals surface area contributed by atoms with Crippen molar-refractivity contribution in [2.24, 2.45) is 5.73 Å². The molecular weight excluding hydrogens is 250 g/mol. The fourth-order valence-electron chi connectivity index (χ4n) is 1.62.